The second-order valence-corrected chi connectivity index (χ2v) is 6.44. The predicted octanol–water partition coefficient (Wildman–Crippen LogP) is 4.09. The summed E-state index contributed by atoms with van der Waals surface area (Å²) in [6, 6.07) is 14.7. The van der Waals surface area contributed by atoms with Crippen LogP contribution in [0.1, 0.15) is 27.7 Å². The molecule has 0 saturated heterocycles. The second-order valence-electron chi connectivity index (χ2n) is 6.44. The van der Waals surface area contributed by atoms with Crippen LogP contribution < -0.4 is 10.2 Å². The van der Waals surface area contributed by atoms with Gasteiger partial charge in [0.2, 0.25) is 0 Å². The van der Waals surface area contributed by atoms with E-state index >= 15 is 0 Å². The van der Waals surface area contributed by atoms with Gasteiger partial charge in [0.05, 0.1) is 6.26 Å². The fourth-order valence-corrected chi connectivity index (χ4v) is 3.46. The van der Waals surface area contributed by atoms with Crippen molar-refractivity contribution in [3.8, 4) is 0 Å². The molecule has 27 heavy (non-hydrogen) atoms. The van der Waals surface area contributed by atoms with Gasteiger partial charge in [-0.25, -0.2) is 8.78 Å². The molecule has 1 atom stereocenters. The van der Waals surface area contributed by atoms with Gasteiger partial charge in [-0.1, -0.05) is 18.2 Å². The number of para-hydroxylation sites is 1. The maximum atomic E-state index is 13.4. The van der Waals surface area contributed by atoms with Crippen molar-refractivity contribution in [2.24, 2.45) is 0 Å². The van der Waals surface area contributed by atoms with Gasteiger partial charge >= 0.3 is 0 Å². The smallest absolute Gasteiger partial charge is 0.251 e. The summed E-state index contributed by atoms with van der Waals surface area (Å²) in [4.78, 5) is 14.6. The molecule has 2 heterocycles. The van der Waals surface area contributed by atoms with E-state index < -0.39 is 17.5 Å². The van der Waals surface area contributed by atoms with E-state index in [9.17, 15) is 13.6 Å². The van der Waals surface area contributed by atoms with Gasteiger partial charge in [-0.05, 0) is 48.4 Å². The van der Waals surface area contributed by atoms with Crippen molar-refractivity contribution in [3.05, 3.63) is 89.4 Å². The number of carbonyl (C=O) groups is 1. The Balaban J connectivity index is 1.54. The van der Waals surface area contributed by atoms with Crippen molar-refractivity contribution in [1.82, 2.24) is 5.32 Å². The normalized spacial score (nSPS) is 14.1. The summed E-state index contributed by atoms with van der Waals surface area (Å²) in [7, 11) is 0. The fourth-order valence-electron chi connectivity index (χ4n) is 3.46. The van der Waals surface area contributed by atoms with Crippen molar-refractivity contribution in [2.45, 2.75) is 12.5 Å². The number of fused-ring (bicyclic) bond motifs is 1. The molecule has 0 spiro atoms. The van der Waals surface area contributed by atoms with Crippen LogP contribution in [0.5, 0.6) is 0 Å². The summed E-state index contributed by atoms with van der Waals surface area (Å²) in [5, 5.41) is 2.81. The van der Waals surface area contributed by atoms with Gasteiger partial charge in [0.1, 0.15) is 11.8 Å². The molecule has 0 aliphatic carbocycles. The number of hydrogen-bond acceptors (Lipinski definition) is 3. The number of nitrogens with one attached hydrogen (secondary N) is 1. The number of hydrogen-bond donors (Lipinski definition) is 1. The molecule has 0 fully saturated rings. The molecule has 1 aliphatic rings. The lowest BCUT2D eigenvalue weighted by Gasteiger charge is -2.29. The fraction of sp³-hybridized carbons (Fsp3) is 0.190. The molecule has 0 unspecified atom stereocenters. The molecule has 138 valence electrons. The molecule has 0 radical (unpaired) electrons. The third-order valence-electron chi connectivity index (χ3n) is 4.81. The highest BCUT2D eigenvalue weighted by atomic mass is 19.2. The van der Waals surface area contributed by atoms with Crippen LogP contribution >= 0.6 is 0 Å². The van der Waals surface area contributed by atoms with E-state index in [1.165, 1.54) is 11.6 Å². The number of nitrogens with zero attached hydrogens (tertiary/aromatic N) is 1. The lowest BCUT2D eigenvalue weighted by atomic mass is 10.1. The van der Waals surface area contributed by atoms with E-state index in [-0.39, 0.29) is 18.2 Å². The van der Waals surface area contributed by atoms with Crippen molar-refractivity contribution in [3.63, 3.8) is 0 Å². The summed E-state index contributed by atoms with van der Waals surface area (Å²) in [6.45, 7) is 1.09. The molecule has 1 N–H and O–H groups in total. The van der Waals surface area contributed by atoms with Crippen LogP contribution in [-0.4, -0.2) is 19.0 Å². The standard InChI is InChI=1S/C21H18F2N2O2/c22-16-8-7-15(12-17(16)23)21(26)24-13-19(20-6-3-11-27-20)25-10-9-14-4-1-2-5-18(14)25/h1-8,11-12,19H,9-10,13H2,(H,24,26)/t19-/m0/s1. The molecule has 2 aromatic carbocycles. The predicted molar refractivity (Wildman–Crippen MR) is 97.6 cm³/mol. The monoisotopic (exact) mass is 368 g/mol. The summed E-state index contributed by atoms with van der Waals surface area (Å²) in [5.74, 6) is -1.75. The van der Waals surface area contributed by atoms with Gasteiger partial charge < -0.3 is 14.6 Å². The molecule has 6 heteroatoms. The van der Waals surface area contributed by atoms with Crippen molar-refractivity contribution < 1.29 is 18.0 Å². The molecule has 0 saturated carbocycles. The Bertz CT molecular complexity index is 957. The highest BCUT2D eigenvalue weighted by Crippen LogP contribution is 2.35. The number of furan rings is 1. The number of halogens is 2. The first-order valence-corrected chi connectivity index (χ1v) is 8.74. The minimum atomic E-state index is -1.04. The zero-order chi connectivity index (χ0) is 18.8. The van der Waals surface area contributed by atoms with Gasteiger partial charge in [0.25, 0.3) is 5.91 Å². The summed E-state index contributed by atoms with van der Waals surface area (Å²) >= 11 is 0. The lowest BCUT2D eigenvalue weighted by molar-refractivity contribution is 0.0949. The Morgan fingerprint density at radius 1 is 1.11 bits per heavy atom. The lowest BCUT2D eigenvalue weighted by Crippen LogP contribution is -2.37. The van der Waals surface area contributed by atoms with Gasteiger partial charge in [-0.2, -0.15) is 0 Å². The van der Waals surface area contributed by atoms with Crippen LogP contribution in [0.15, 0.2) is 65.3 Å². The molecule has 0 bridgehead atoms. The summed E-state index contributed by atoms with van der Waals surface area (Å²) < 4.78 is 32.1. The topological polar surface area (TPSA) is 45.5 Å². The minimum Gasteiger partial charge on any atom is -0.467 e. The van der Waals surface area contributed by atoms with E-state index in [1.807, 2.05) is 24.3 Å². The van der Waals surface area contributed by atoms with Gasteiger partial charge in [-0.3, -0.25) is 4.79 Å². The number of anilines is 1. The molecular weight excluding hydrogens is 350 g/mol. The molecule has 4 rings (SSSR count). The molecule has 1 aromatic heterocycles. The average molecular weight is 368 g/mol. The van der Waals surface area contributed by atoms with Gasteiger partial charge in [0, 0.05) is 24.3 Å². The maximum Gasteiger partial charge on any atom is 0.251 e. The summed E-state index contributed by atoms with van der Waals surface area (Å²) in [5.41, 5.74) is 2.44. The van der Waals surface area contributed by atoms with Crippen LogP contribution in [0.25, 0.3) is 0 Å². The van der Waals surface area contributed by atoms with Crippen LogP contribution in [-0.2, 0) is 6.42 Å². The van der Waals surface area contributed by atoms with Crippen LogP contribution in [0.4, 0.5) is 14.5 Å². The largest absolute Gasteiger partial charge is 0.467 e. The molecule has 3 aromatic rings. The van der Waals surface area contributed by atoms with Gasteiger partial charge in [0.15, 0.2) is 11.6 Å². The van der Waals surface area contributed by atoms with E-state index in [2.05, 4.69) is 22.3 Å². The maximum absolute atomic E-state index is 13.4. The molecule has 1 amide bonds. The van der Waals surface area contributed by atoms with Crippen molar-refractivity contribution in [1.29, 1.82) is 0 Å². The summed E-state index contributed by atoms with van der Waals surface area (Å²) in [6.07, 6.45) is 2.52. The number of carbonyl (C=O) groups excluding carboxylic acids is 1. The molecule has 1 aliphatic heterocycles. The zero-order valence-electron chi connectivity index (χ0n) is 14.5. The second kappa shape index (κ2) is 7.23. The van der Waals surface area contributed by atoms with E-state index in [0.29, 0.717) is 0 Å². The minimum absolute atomic E-state index is 0.0777. The first-order chi connectivity index (χ1) is 13.1. The quantitative estimate of drug-likeness (QED) is 0.738. The van der Waals surface area contributed by atoms with E-state index in [1.54, 1.807) is 6.26 Å². The van der Waals surface area contributed by atoms with Crippen LogP contribution in [0, 0.1) is 11.6 Å². The molecule has 4 nitrogen and oxygen atoms in total. The van der Waals surface area contributed by atoms with E-state index in [4.69, 9.17) is 4.42 Å². The van der Waals surface area contributed by atoms with Crippen LogP contribution in [0.2, 0.25) is 0 Å². The Kier molecular flexibility index (Phi) is 4.62. The third-order valence-corrected chi connectivity index (χ3v) is 4.81. The van der Waals surface area contributed by atoms with Crippen molar-refractivity contribution >= 4 is 11.6 Å². The Morgan fingerprint density at radius 3 is 2.74 bits per heavy atom. The van der Waals surface area contributed by atoms with Crippen molar-refractivity contribution in [2.75, 3.05) is 18.0 Å². The third kappa shape index (κ3) is 3.43. The molecular formula is C21H18F2N2O2. The number of rotatable bonds is 5. The Labute approximate surface area is 155 Å². The van der Waals surface area contributed by atoms with Crippen LogP contribution in [0.3, 0.4) is 0 Å². The zero-order valence-corrected chi connectivity index (χ0v) is 14.5. The first kappa shape index (κ1) is 17.3. The van der Waals surface area contributed by atoms with Gasteiger partial charge in [-0.15, -0.1) is 0 Å². The number of amides is 1. The average Bonchev–Trinajstić information content (AvgIpc) is 3.35. The first-order valence-electron chi connectivity index (χ1n) is 8.74. The highest BCUT2D eigenvalue weighted by molar-refractivity contribution is 5.94. The Hall–Kier alpha value is -3.15. The highest BCUT2D eigenvalue weighted by Gasteiger charge is 2.29. The SMILES string of the molecule is O=C(NC[C@@H](c1ccco1)N1CCc2ccccc21)c1ccc(F)c(F)c1. The number of benzene rings is 2. The Morgan fingerprint density at radius 2 is 1.96 bits per heavy atom. The van der Waals surface area contributed by atoms with E-state index in [0.717, 1.165) is 36.5 Å².